The van der Waals surface area contributed by atoms with E-state index < -0.39 is 11.6 Å². The van der Waals surface area contributed by atoms with Crippen LogP contribution in [0.5, 0.6) is 0 Å². The third-order valence-electron chi connectivity index (χ3n) is 3.74. The van der Waals surface area contributed by atoms with Crippen LogP contribution in [-0.2, 0) is 11.2 Å². The van der Waals surface area contributed by atoms with Gasteiger partial charge in [0.25, 0.3) is 0 Å². The molecule has 1 heterocycles. The van der Waals surface area contributed by atoms with Gasteiger partial charge in [-0.1, -0.05) is 6.92 Å². The van der Waals surface area contributed by atoms with Crippen molar-refractivity contribution in [2.75, 3.05) is 26.2 Å². The Balaban J connectivity index is 2.06. The van der Waals surface area contributed by atoms with E-state index in [2.05, 4.69) is 17.2 Å². The molecule has 20 heavy (non-hydrogen) atoms. The highest BCUT2D eigenvalue weighted by Crippen LogP contribution is 2.16. The van der Waals surface area contributed by atoms with E-state index in [1.165, 1.54) is 6.07 Å². The average Bonchev–Trinajstić information content (AvgIpc) is 2.48. The molecule has 2 atom stereocenters. The van der Waals surface area contributed by atoms with Crippen molar-refractivity contribution in [3.8, 4) is 0 Å². The van der Waals surface area contributed by atoms with E-state index in [1.54, 1.807) is 0 Å². The minimum absolute atomic E-state index is 0.128. The lowest BCUT2D eigenvalue weighted by molar-refractivity contribution is -0.0449. The van der Waals surface area contributed by atoms with Gasteiger partial charge in [0.1, 0.15) is 11.6 Å². The Morgan fingerprint density at radius 2 is 2.30 bits per heavy atom. The number of hydrogen-bond acceptors (Lipinski definition) is 4. The van der Waals surface area contributed by atoms with Crippen LogP contribution < -0.4 is 11.3 Å². The van der Waals surface area contributed by atoms with Gasteiger partial charge in [0, 0.05) is 13.1 Å². The van der Waals surface area contributed by atoms with Gasteiger partial charge in [-0.25, -0.2) is 8.78 Å². The minimum Gasteiger partial charge on any atom is -0.374 e. The predicted molar refractivity (Wildman–Crippen MR) is 73.0 cm³/mol. The zero-order chi connectivity index (χ0) is 14.5. The number of nitrogens with one attached hydrogen (secondary N) is 1. The van der Waals surface area contributed by atoms with E-state index in [0.717, 1.165) is 31.8 Å². The number of ether oxygens (including phenoxy) is 1. The molecule has 0 radical (unpaired) electrons. The second kappa shape index (κ2) is 7.08. The summed E-state index contributed by atoms with van der Waals surface area (Å²) in [7, 11) is 0. The molecule has 2 unspecified atom stereocenters. The van der Waals surface area contributed by atoms with Gasteiger partial charge >= 0.3 is 0 Å². The van der Waals surface area contributed by atoms with E-state index in [1.807, 2.05) is 0 Å². The molecular weight excluding hydrogens is 264 g/mol. The number of nitrogens with zero attached hydrogens (tertiary/aromatic N) is 1. The number of rotatable bonds is 5. The second-order valence-electron chi connectivity index (χ2n) is 5.02. The van der Waals surface area contributed by atoms with Crippen LogP contribution in [-0.4, -0.2) is 43.3 Å². The standard InChI is InChI=1S/C14H21F2N3O/c1-2-19-5-6-20-14(9-19)13(18-17)8-10-7-11(15)3-4-12(10)16/h3-4,7,13-14,18H,2,5-6,8-9,17H2,1H3. The summed E-state index contributed by atoms with van der Waals surface area (Å²) >= 11 is 0. The number of halogens is 2. The summed E-state index contributed by atoms with van der Waals surface area (Å²) in [5, 5.41) is 0. The monoisotopic (exact) mass is 285 g/mol. The smallest absolute Gasteiger partial charge is 0.126 e. The maximum Gasteiger partial charge on any atom is 0.126 e. The number of hydrogen-bond donors (Lipinski definition) is 2. The van der Waals surface area contributed by atoms with Crippen molar-refractivity contribution < 1.29 is 13.5 Å². The van der Waals surface area contributed by atoms with Crippen molar-refractivity contribution in [3.63, 3.8) is 0 Å². The fraction of sp³-hybridized carbons (Fsp3) is 0.571. The number of morpholine rings is 1. The first kappa shape index (κ1) is 15.3. The van der Waals surface area contributed by atoms with Crippen LogP contribution in [0.2, 0.25) is 0 Å². The van der Waals surface area contributed by atoms with Gasteiger partial charge in [-0.05, 0) is 36.7 Å². The molecule has 0 bridgehead atoms. The molecule has 1 saturated heterocycles. The topological polar surface area (TPSA) is 50.5 Å². The summed E-state index contributed by atoms with van der Waals surface area (Å²) in [5.41, 5.74) is 2.98. The Hall–Kier alpha value is -1.08. The fourth-order valence-electron chi connectivity index (χ4n) is 2.50. The molecule has 0 amide bonds. The minimum atomic E-state index is -0.447. The fourth-order valence-corrected chi connectivity index (χ4v) is 2.50. The van der Waals surface area contributed by atoms with Crippen molar-refractivity contribution in [2.24, 2.45) is 5.84 Å². The van der Waals surface area contributed by atoms with Gasteiger partial charge in [-0.15, -0.1) is 0 Å². The van der Waals surface area contributed by atoms with E-state index in [4.69, 9.17) is 10.6 Å². The van der Waals surface area contributed by atoms with Crippen LogP contribution in [0, 0.1) is 11.6 Å². The van der Waals surface area contributed by atoms with E-state index in [-0.39, 0.29) is 12.1 Å². The first-order valence-electron chi connectivity index (χ1n) is 6.88. The van der Waals surface area contributed by atoms with Crippen LogP contribution in [0.4, 0.5) is 8.78 Å². The Morgan fingerprint density at radius 3 is 3.00 bits per heavy atom. The Morgan fingerprint density at radius 1 is 1.50 bits per heavy atom. The zero-order valence-electron chi connectivity index (χ0n) is 11.6. The number of benzene rings is 1. The quantitative estimate of drug-likeness (QED) is 0.627. The maximum absolute atomic E-state index is 13.7. The van der Waals surface area contributed by atoms with Gasteiger partial charge in [0.05, 0.1) is 18.8 Å². The van der Waals surface area contributed by atoms with E-state index >= 15 is 0 Å². The Bertz CT molecular complexity index is 444. The lowest BCUT2D eigenvalue weighted by Gasteiger charge is -2.36. The van der Waals surface area contributed by atoms with Gasteiger partial charge in [-0.2, -0.15) is 0 Å². The molecule has 4 nitrogen and oxygen atoms in total. The number of hydrazine groups is 1. The summed E-state index contributed by atoms with van der Waals surface area (Å²) < 4.78 is 32.6. The molecule has 1 fully saturated rings. The molecule has 0 aromatic heterocycles. The average molecular weight is 285 g/mol. The van der Waals surface area contributed by atoms with Crippen LogP contribution in [0.3, 0.4) is 0 Å². The third kappa shape index (κ3) is 3.73. The Labute approximate surface area is 117 Å². The van der Waals surface area contributed by atoms with Gasteiger partial charge in [-0.3, -0.25) is 16.2 Å². The van der Waals surface area contributed by atoms with Gasteiger partial charge in [0.15, 0.2) is 0 Å². The molecular formula is C14H21F2N3O. The van der Waals surface area contributed by atoms with E-state index in [9.17, 15) is 8.78 Å². The normalized spacial score (nSPS) is 21.9. The maximum atomic E-state index is 13.7. The molecule has 6 heteroatoms. The Kier molecular flexibility index (Phi) is 5.42. The molecule has 1 aromatic carbocycles. The van der Waals surface area contributed by atoms with Crippen molar-refractivity contribution >= 4 is 0 Å². The number of nitrogens with two attached hydrogens (primary N) is 1. The molecule has 112 valence electrons. The van der Waals surface area contributed by atoms with Crippen LogP contribution in [0.25, 0.3) is 0 Å². The molecule has 3 N–H and O–H groups in total. The largest absolute Gasteiger partial charge is 0.374 e. The summed E-state index contributed by atoms with van der Waals surface area (Å²) in [4.78, 5) is 2.25. The molecule has 0 aliphatic carbocycles. The van der Waals surface area contributed by atoms with Crippen LogP contribution in [0.1, 0.15) is 12.5 Å². The SMILES string of the molecule is CCN1CCOC(C(Cc2cc(F)ccc2F)NN)C1. The molecule has 0 spiro atoms. The molecule has 1 aliphatic heterocycles. The highest BCUT2D eigenvalue weighted by atomic mass is 19.1. The van der Waals surface area contributed by atoms with Crippen molar-refractivity contribution in [1.82, 2.24) is 10.3 Å². The molecule has 2 rings (SSSR count). The summed E-state index contributed by atoms with van der Waals surface area (Å²) in [5.74, 6) is 4.69. The first-order chi connectivity index (χ1) is 9.63. The third-order valence-corrected chi connectivity index (χ3v) is 3.74. The summed E-state index contributed by atoms with van der Waals surface area (Å²) in [6.07, 6.45) is 0.166. The van der Waals surface area contributed by atoms with Crippen LogP contribution >= 0.6 is 0 Å². The lowest BCUT2D eigenvalue weighted by atomic mass is 10.00. The predicted octanol–water partition coefficient (Wildman–Crippen LogP) is 1.06. The molecule has 0 saturated carbocycles. The highest BCUT2D eigenvalue weighted by Gasteiger charge is 2.27. The van der Waals surface area contributed by atoms with Gasteiger partial charge < -0.3 is 4.74 Å². The molecule has 1 aromatic rings. The summed E-state index contributed by atoms with van der Waals surface area (Å²) in [6.45, 7) is 5.27. The lowest BCUT2D eigenvalue weighted by Crippen LogP contribution is -2.54. The molecule has 1 aliphatic rings. The van der Waals surface area contributed by atoms with Crippen molar-refractivity contribution in [2.45, 2.75) is 25.5 Å². The number of likely N-dealkylation sites (N-methyl/N-ethyl adjacent to an activating group) is 1. The van der Waals surface area contributed by atoms with Crippen LogP contribution in [0.15, 0.2) is 18.2 Å². The summed E-state index contributed by atoms with van der Waals surface area (Å²) in [6, 6.07) is 3.21. The van der Waals surface area contributed by atoms with Gasteiger partial charge in [0.2, 0.25) is 0 Å². The van der Waals surface area contributed by atoms with Crippen molar-refractivity contribution in [3.05, 3.63) is 35.4 Å². The second-order valence-corrected chi connectivity index (χ2v) is 5.02. The highest BCUT2D eigenvalue weighted by molar-refractivity contribution is 5.20. The van der Waals surface area contributed by atoms with E-state index in [0.29, 0.717) is 18.6 Å². The first-order valence-corrected chi connectivity index (χ1v) is 6.88. The zero-order valence-corrected chi connectivity index (χ0v) is 11.6. The van der Waals surface area contributed by atoms with Crippen molar-refractivity contribution in [1.29, 1.82) is 0 Å².